The standard InChI is InChI=1S/C16H24N2OS/c1-3-14-9-4-11(2)18(14)10-15(19)12-5-7-13(8-6-12)16(17)20/h5-8,11,14-15,19H,3-4,9-10H2,1-2H3,(H2,17,20). The molecule has 1 aliphatic rings. The van der Waals surface area contributed by atoms with E-state index in [2.05, 4.69) is 18.7 Å². The molecule has 3 unspecified atom stereocenters. The predicted octanol–water partition coefficient (Wildman–Crippen LogP) is 2.62. The molecule has 20 heavy (non-hydrogen) atoms. The van der Waals surface area contributed by atoms with Crippen LogP contribution in [0.4, 0.5) is 0 Å². The third-order valence-electron chi connectivity index (χ3n) is 4.39. The minimum Gasteiger partial charge on any atom is -0.389 e. The molecule has 1 fully saturated rings. The van der Waals surface area contributed by atoms with E-state index in [1.165, 1.54) is 12.8 Å². The fraction of sp³-hybridized carbons (Fsp3) is 0.562. The largest absolute Gasteiger partial charge is 0.389 e. The lowest BCUT2D eigenvalue weighted by Crippen LogP contribution is -2.37. The molecule has 0 bridgehead atoms. The Morgan fingerprint density at radius 3 is 2.60 bits per heavy atom. The summed E-state index contributed by atoms with van der Waals surface area (Å²) in [6, 6.07) is 8.76. The van der Waals surface area contributed by atoms with E-state index in [1.54, 1.807) is 0 Å². The lowest BCUT2D eigenvalue weighted by Gasteiger charge is -2.30. The van der Waals surface area contributed by atoms with Crippen LogP contribution in [-0.4, -0.2) is 33.6 Å². The molecule has 0 saturated carbocycles. The maximum Gasteiger partial charge on any atom is 0.103 e. The van der Waals surface area contributed by atoms with Crippen LogP contribution in [0, 0.1) is 0 Å². The lowest BCUT2D eigenvalue weighted by atomic mass is 10.1. The summed E-state index contributed by atoms with van der Waals surface area (Å²) in [6.45, 7) is 5.17. The third kappa shape index (κ3) is 3.37. The van der Waals surface area contributed by atoms with Gasteiger partial charge in [-0.05, 0) is 31.7 Å². The van der Waals surface area contributed by atoms with Crippen LogP contribution in [0.2, 0.25) is 0 Å². The number of hydrogen-bond donors (Lipinski definition) is 2. The molecule has 3 atom stereocenters. The number of nitrogens with zero attached hydrogens (tertiary/aromatic N) is 1. The quantitative estimate of drug-likeness (QED) is 0.819. The van der Waals surface area contributed by atoms with Crippen LogP contribution >= 0.6 is 12.2 Å². The van der Waals surface area contributed by atoms with Gasteiger partial charge in [0.2, 0.25) is 0 Å². The van der Waals surface area contributed by atoms with Crippen molar-refractivity contribution in [3.05, 3.63) is 35.4 Å². The molecule has 3 N–H and O–H groups in total. The van der Waals surface area contributed by atoms with E-state index in [1.807, 2.05) is 24.3 Å². The highest BCUT2D eigenvalue weighted by Gasteiger charge is 2.30. The van der Waals surface area contributed by atoms with Crippen molar-refractivity contribution in [3.8, 4) is 0 Å². The maximum absolute atomic E-state index is 10.4. The SMILES string of the molecule is CCC1CCC(C)N1CC(O)c1ccc(C(N)=S)cc1. The second kappa shape index (κ2) is 6.66. The van der Waals surface area contributed by atoms with Gasteiger partial charge >= 0.3 is 0 Å². The highest BCUT2D eigenvalue weighted by Crippen LogP contribution is 2.28. The highest BCUT2D eigenvalue weighted by atomic mass is 32.1. The molecule has 110 valence electrons. The molecular weight excluding hydrogens is 268 g/mol. The zero-order valence-corrected chi connectivity index (χ0v) is 13.1. The average molecular weight is 292 g/mol. The van der Waals surface area contributed by atoms with Gasteiger partial charge in [0.05, 0.1) is 6.10 Å². The van der Waals surface area contributed by atoms with Crippen LogP contribution in [0.15, 0.2) is 24.3 Å². The van der Waals surface area contributed by atoms with E-state index in [9.17, 15) is 5.11 Å². The number of β-amino-alcohol motifs (C(OH)–C–C–N with tert-alkyl or cyclic N) is 1. The summed E-state index contributed by atoms with van der Waals surface area (Å²) < 4.78 is 0. The number of thiocarbonyl (C=S) groups is 1. The van der Waals surface area contributed by atoms with Gasteiger partial charge in [0.1, 0.15) is 4.99 Å². The predicted molar refractivity (Wildman–Crippen MR) is 86.8 cm³/mol. The first kappa shape index (κ1) is 15.4. The maximum atomic E-state index is 10.4. The van der Waals surface area contributed by atoms with Crippen molar-refractivity contribution < 1.29 is 5.11 Å². The first-order valence-electron chi connectivity index (χ1n) is 7.36. The molecule has 0 spiro atoms. The Morgan fingerprint density at radius 2 is 2.05 bits per heavy atom. The molecule has 1 saturated heterocycles. The zero-order valence-electron chi connectivity index (χ0n) is 12.2. The van der Waals surface area contributed by atoms with Crippen molar-refractivity contribution in [3.63, 3.8) is 0 Å². The van der Waals surface area contributed by atoms with Gasteiger partial charge in [-0.15, -0.1) is 0 Å². The Labute approximate surface area is 126 Å². The Bertz CT molecular complexity index is 460. The van der Waals surface area contributed by atoms with E-state index >= 15 is 0 Å². The number of nitrogens with two attached hydrogens (primary N) is 1. The summed E-state index contributed by atoms with van der Waals surface area (Å²) in [7, 11) is 0. The van der Waals surface area contributed by atoms with Crippen LogP contribution < -0.4 is 5.73 Å². The summed E-state index contributed by atoms with van der Waals surface area (Å²) in [6.07, 6.45) is 3.17. The zero-order chi connectivity index (χ0) is 14.7. The summed E-state index contributed by atoms with van der Waals surface area (Å²) in [4.78, 5) is 2.83. The van der Waals surface area contributed by atoms with Crippen molar-refractivity contribution in [2.24, 2.45) is 5.73 Å². The Kier molecular flexibility index (Phi) is 5.13. The van der Waals surface area contributed by atoms with E-state index in [0.717, 1.165) is 17.5 Å². The lowest BCUT2D eigenvalue weighted by molar-refractivity contribution is 0.0860. The Hall–Kier alpha value is -0.970. The van der Waals surface area contributed by atoms with Gasteiger partial charge in [-0.25, -0.2) is 0 Å². The molecule has 1 aromatic rings. The smallest absolute Gasteiger partial charge is 0.103 e. The second-order valence-corrected chi connectivity index (χ2v) is 6.13. The number of aliphatic hydroxyl groups is 1. The number of benzene rings is 1. The van der Waals surface area contributed by atoms with Gasteiger partial charge in [-0.1, -0.05) is 43.4 Å². The van der Waals surface area contributed by atoms with Crippen molar-refractivity contribution in [2.75, 3.05) is 6.54 Å². The molecule has 3 nitrogen and oxygen atoms in total. The molecule has 0 radical (unpaired) electrons. The molecule has 4 heteroatoms. The van der Waals surface area contributed by atoms with Crippen LogP contribution in [-0.2, 0) is 0 Å². The van der Waals surface area contributed by atoms with E-state index in [-0.39, 0.29) is 0 Å². The highest BCUT2D eigenvalue weighted by molar-refractivity contribution is 7.80. The van der Waals surface area contributed by atoms with Crippen LogP contribution in [0.1, 0.15) is 50.3 Å². The molecule has 0 aromatic heterocycles. The van der Waals surface area contributed by atoms with Gasteiger partial charge < -0.3 is 10.8 Å². The number of hydrogen-bond acceptors (Lipinski definition) is 3. The van der Waals surface area contributed by atoms with Gasteiger partial charge in [0.25, 0.3) is 0 Å². The van der Waals surface area contributed by atoms with Crippen molar-refractivity contribution in [2.45, 2.75) is 51.3 Å². The van der Waals surface area contributed by atoms with Crippen LogP contribution in [0.25, 0.3) is 0 Å². The Morgan fingerprint density at radius 1 is 1.40 bits per heavy atom. The topological polar surface area (TPSA) is 49.5 Å². The Balaban J connectivity index is 2.03. The van der Waals surface area contributed by atoms with Crippen LogP contribution in [0.3, 0.4) is 0 Å². The van der Waals surface area contributed by atoms with Crippen molar-refractivity contribution >= 4 is 17.2 Å². The molecule has 0 amide bonds. The number of likely N-dealkylation sites (tertiary alicyclic amines) is 1. The van der Waals surface area contributed by atoms with Crippen molar-refractivity contribution in [1.82, 2.24) is 4.90 Å². The molecule has 1 aromatic carbocycles. The monoisotopic (exact) mass is 292 g/mol. The second-order valence-electron chi connectivity index (χ2n) is 5.69. The van der Waals surface area contributed by atoms with Gasteiger partial charge in [-0.3, -0.25) is 4.90 Å². The molecule has 1 heterocycles. The summed E-state index contributed by atoms with van der Waals surface area (Å²) >= 11 is 4.94. The number of rotatable bonds is 5. The minimum absolute atomic E-state index is 0.394. The van der Waals surface area contributed by atoms with E-state index in [4.69, 9.17) is 18.0 Å². The summed E-state index contributed by atoms with van der Waals surface area (Å²) in [5.74, 6) is 0. The fourth-order valence-corrected chi connectivity index (χ4v) is 3.20. The average Bonchev–Trinajstić information content (AvgIpc) is 2.79. The first-order valence-corrected chi connectivity index (χ1v) is 7.77. The van der Waals surface area contributed by atoms with Gasteiger partial charge in [0.15, 0.2) is 0 Å². The normalized spacial score (nSPS) is 24.8. The van der Waals surface area contributed by atoms with E-state index < -0.39 is 6.10 Å². The van der Waals surface area contributed by atoms with Gasteiger partial charge in [0, 0.05) is 24.2 Å². The summed E-state index contributed by atoms with van der Waals surface area (Å²) in [5.41, 5.74) is 7.36. The molecule has 1 aliphatic heterocycles. The van der Waals surface area contributed by atoms with E-state index in [0.29, 0.717) is 23.6 Å². The molecular formula is C16H24N2OS. The fourth-order valence-electron chi connectivity index (χ4n) is 3.07. The van der Waals surface area contributed by atoms with Crippen LogP contribution in [0.5, 0.6) is 0 Å². The van der Waals surface area contributed by atoms with Gasteiger partial charge in [-0.2, -0.15) is 0 Å². The summed E-state index contributed by atoms with van der Waals surface area (Å²) in [5, 5.41) is 10.4. The third-order valence-corrected chi connectivity index (χ3v) is 4.62. The molecule has 2 rings (SSSR count). The molecule has 0 aliphatic carbocycles. The minimum atomic E-state index is -0.454. The van der Waals surface area contributed by atoms with Crippen molar-refractivity contribution in [1.29, 1.82) is 0 Å². The number of aliphatic hydroxyl groups excluding tert-OH is 1. The first-order chi connectivity index (χ1) is 9.52.